The summed E-state index contributed by atoms with van der Waals surface area (Å²) in [5.41, 5.74) is 1.41. The predicted molar refractivity (Wildman–Crippen MR) is 126 cm³/mol. The molecule has 0 aliphatic rings. The van der Waals surface area contributed by atoms with E-state index in [0.717, 1.165) is 5.75 Å². The van der Waals surface area contributed by atoms with Gasteiger partial charge in [-0.3, -0.25) is 4.79 Å². The number of nitrogens with one attached hydrogen (secondary N) is 1. The van der Waals surface area contributed by atoms with Crippen molar-refractivity contribution in [3.63, 3.8) is 0 Å². The quantitative estimate of drug-likeness (QED) is 0.400. The first-order valence-corrected chi connectivity index (χ1v) is 11.6. The molecule has 0 aliphatic carbocycles. The second-order valence-corrected chi connectivity index (χ2v) is 9.05. The summed E-state index contributed by atoms with van der Waals surface area (Å²) in [5.74, 6) is 1.22. The number of thioether (sulfide) groups is 1. The standard InChI is InChI=1S/C24H29FN4O2S/c1-15(2)18-10-12-19(13-11-18)31-17(5)23-27-28-24(29(23)16(3)4)32-14-22(30)26-21-9-7-6-8-20(21)25/h6-13,15-17H,14H2,1-5H3,(H,26,30). The molecular weight excluding hydrogens is 427 g/mol. The fourth-order valence-corrected chi connectivity index (χ4v) is 4.09. The van der Waals surface area contributed by atoms with Gasteiger partial charge in [0.25, 0.3) is 0 Å². The number of benzene rings is 2. The van der Waals surface area contributed by atoms with Crippen LogP contribution in [0.3, 0.4) is 0 Å². The molecule has 1 aromatic heterocycles. The molecule has 0 aliphatic heterocycles. The zero-order valence-electron chi connectivity index (χ0n) is 19.0. The summed E-state index contributed by atoms with van der Waals surface area (Å²) in [6.45, 7) is 10.3. The minimum atomic E-state index is -0.467. The fourth-order valence-electron chi connectivity index (χ4n) is 3.22. The maximum Gasteiger partial charge on any atom is 0.234 e. The fraction of sp³-hybridized carbons (Fsp3) is 0.375. The van der Waals surface area contributed by atoms with Crippen LogP contribution < -0.4 is 10.1 Å². The molecule has 0 spiro atoms. The van der Waals surface area contributed by atoms with E-state index in [1.54, 1.807) is 12.1 Å². The predicted octanol–water partition coefficient (Wildman–Crippen LogP) is 5.99. The number of hydrogen-bond acceptors (Lipinski definition) is 5. The van der Waals surface area contributed by atoms with Gasteiger partial charge in [0, 0.05) is 6.04 Å². The summed E-state index contributed by atoms with van der Waals surface area (Å²) in [6.07, 6.45) is -0.323. The highest BCUT2D eigenvalue weighted by Gasteiger charge is 2.22. The summed E-state index contributed by atoms with van der Waals surface area (Å²) in [6, 6.07) is 14.2. The Hall–Kier alpha value is -2.87. The molecule has 3 rings (SSSR count). The van der Waals surface area contributed by atoms with E-state index in [0.29, 0.717) is 16.9 Å². The molecule has 0 radical (unpaired) electrons. The molecular formula is C24H29FN4O2S. The van der Waals surface area contributed by atoms with Gasteiger partial charge in [0.1, 0.15) is 11.6 Å². The minimum Gasteiger partial charge on any atom is -0.483 e. The molecule has 1 N–H and O–H groups in total. The van der Waals surface area contributed by atoms with E-state index in [-0.39, 0.29) is 29.5 Å². The monoisotopic (exact) mass is 456 g/mol. The lowest BCUT2D eigenvalue weighted by Gasteiger charge is -2.19. The van der Waals surface area contributed by atoms with Gasteiger partial charge in [-0.2, -0.15) is 0 Å². The van der Waals surface area contributed by atoms with Gasteiger partial charge >= 0.3 is 0 Å². The average Bonchev–Trinajstić information content (AvgIpc) is 3.19. The SMILES string of the molecule is CC(C)c1ccc(OC(C)c2nnc(SCC(=O)Nc3ccccc3F)n2C(C)C)cc1. The lowest BCUT2D eigenvalue weighted by molar-refractivity contribution is -0.113. The summed E-state index contributed by atoms with van der Waals surface area (Å²) >= 11 is 1.26. The first kappa shape index (κ1) is 23.8. The Morgan fingerprint density at radius 1 is 1.06 bits per heavy atom. The van der Waals surface area contributed by atoms with E-state index in [9.17, 15) is 9.18 Å². The molecule has 1 atom stereocenters. The highest BCUT2D eigenvalue weighted by atomic mass is 32.2. The first-order valence-electron chi connectivity index (χ1n) is 10.6. The van der Waals surface area contributed by atoms with Crippen molar-refractivity contribution in [2.75, 3.05) is 11.1 Å². The Kier molecular flexibility index (Phi) is 7.90. The van der Waals surface area contributed by atoms with E-state index in [1.807, 2.05) is 37.5 Å². The number of halogens is 1. The van der Waals surface area contributed by atoms with Gasteiger partial charge < -0.3 is 14.6 Å². The van der Waals surface area contributed by atoms with E-state index in [1.165, 1.54) is 29.5 Å². The van der Waals surface area contributed by atoms with Crippen molar-refractivity contribution in [3.8, 4) is 5.75 Å². The topological polar surface area (TPSA) is 69.0 Å². The highest BCUT2D eigenvalue weighted by molar-refractivity contribution is 7.99. The number of amides is 1. The molecule has 6 nitrogen and oxygen atoms in total. The largest absolute Gasteiger partial charge is 0.483 e. The van der Waals surface area contributed by atoms with E-state index < -0.39 is 5.82 Å². The van der Waals surface area contributed by atoms with Crippen LogP contribution in [0.4, 0.5) is 10.1 Å². The number of carbonyl (C=O) groups excluding carboxylic acids is 1. The van der Waals surface area contributed by atoms with Gasteiger partial charge in [-0.05, 0) is 56.5 Å². The van der Waals surface area contributed by atoms with Crippen LogP contribution in [0.1, 0.15) is 64.1 Å². The Balaban J connectivity index is 1.67. The molecule has 1 amide bonds. The van der Waals surface area contributed by atoms with Gasteiger partial charge in [-0.25, -0.2) is 4.39 Å². The minimum absolute atomic E-state index is 0.0755. The van der Waals surface area contributed by atoms with Crippen LogP contribution in [0, 0.1) is 5.82 Å². The normalized spacial score (nSPS) is 12.2. The number of rotatable bonds is 9. The van der Waals surface area contributed by atoms with E-state index in [2.05, 4.69) is 41.5 Å². The van der Waals surface area contributed by atoms with Crippen molar-refractivity contribution >= 4 is 23.4 Å². The first-order chi connectivity index (χ1) is 15.3. The van der Waals surface area contributed by atoms with Crippen molar-refractivity contribution < 1.29 is 13.9 Å². The molecule has 0 saturated heterocycles. The van der Waals surface area contributed by atoms with Gasteiger partial charge in [0.15, 0.2) is 17.1 Å². The van der Waals surface area contributed by atoms with Crippen LogP contribution in [-0.2, 0) is 4.79 Å². The Labute approximate surface area is 192 Å². The van der Waals surface area contributed by atoms with Crippen LogP contribution in [0.2, 0.25) is 0 Å². The second-order valence-electron chi connectivity index (χ2n) is 8.11. The van der Waals surface area contributed by atoms with Gasteiger partial charge in [-0.15, -0.1) is 10.2 Å². The second kappa shape index (κ2) is 10.6. The van der Waals surface area contributed by atoms with E-state index >= 15 is 0 Å². The summed E-state index contributed by atoms with van der Waals surface area (Å²) in [7, 11) is 0. The van der Waals surface area contributed by atoms with Gasteiger partial charge in [0.05, 0.1) is 11.4 Å². The number of nitrogens with zero attached hydrogens (tertiary/aromatic N) is 3. The third-order valence-corrected chi connectivity index (χ3v) is 5.85. The number of carbonyl (C=O) groups is 1. The maximum absolute atomic E-state index is 13.8. The number of ether oxygens (including phenoxy) is 1. The number of anilines is 1. The zero-order valence-corrected chi connectivity index (χ0v) is 19.8. The van der Waals surface area contributed by atoms with Crippen LogP contribution in [0.25, 0.3) is 0 Å². The van der Waals surface area contributed by atoms with Crippen molar-refractivity contribution in [2.45, 2.75) is 57.8 Å². The molecule has 0 saturated carbocycles. The smallest absolute Gasteiger partial charge is 0.234 e. The van der Waals surface area contributed by atoms with Crippen molar-refractivity contribution in [1.29, 1.82) is 0 Å². The van der Waals surface area contributed by atoms with Crippen LogP contribution in [0.15, 0.2) is 53.7 Å². The third-order valence-electron chi connectivity index (χ3n) is 4.91. The van der Waals surface area contributed by atoms with Crippen LogP contribution in [-0.4, -0.2) is 26.4 Å². The molecule has 2 aromatic carbocycles. The number of para-hydroxylation sites is 1. The summed E-state index contributed by atoms with van der Waals surface area (Å²) in [4.78, 5) is 12.3. The molecule has 1 heterocycles. The van der Waals surface area contributed by atoms with E-state index in [4.69, 9.17) is 4.74 Å². The summed E-state index contributed by atoms with van der Waals surface area (Å²) < 4.78 is 21.8. The van der Waals surface area contributed by atoms with Crippen molar-refractivity contribution in [3.05, 3.63) is 65.7 Å². The van der Waals surface area contributed by atoms with Gasteiger partial charge in [0.2, 0.25) is 5.91 Å². The molecule has 0 fully saturated rings. The maximum atomic E-state index is 13.8. The summed E-state index contributed by atoms with van der Waals surface area (Å²) in [5, 5.41) is 11.8. The number of hydrogen-bond donors (Lipinski definition) is 1. The lowest BCUT2D eigenvalue weighted by atomic mass is 10.0. The molecule has 0 bridgehead atoms. The highest BCUT2D eigenvalue weighted by Crippen LogP contribution is 2.28. The molecule has 1 unspecified atom stereocenters. The van der Waals surface area contributed by atoms with Crippen molar-refractivity contribution in [1.82, 2.24) is 14.8 Å². The van der Waals surface area contributed by atoms with Gasteiger partial charge in [-0.1, -0.05) is 49.9 Å². The van der Waals surface area contributed by atoms with Crippen LogP contribution >= 0.6 is 11.8 Å². The Morgan fingerprint density at radius 3 is 2.38 bits per heavy atom. The molecule has 8 heteroatoms. The molecule has 32 heavy (non-hydrogen) atoms. The Morgan fingerprint density at radius 2 is 1.75 bits per heavy atom. The lowest BCUT2D eigenvalue weighted by Crippen LogP contribution is -2.17. The zero-order chi connectivity index (χ0) is 23.3. The molecule has 3 aromatic rings. The van der Waals surface area contributed by atoms with Crippen molar-refractivity contribution in [2.24, 2.45) is 0 Å². The number of aromatic nitrogens is 3. The van der Waals surface area contributed by atoms with Crippen LogP contribution in [0.5, 0.6) is 5.75 Å². The Bertz CT molecular complexity index is 1050. The molecule has 170 valence electrons. The average molecular weight is 457 g/mol. The third kappa shape index (κ3) is 5.88.